The van der Waals surface area contributed by atoms with Gasteiger partial charge >= 0.3 is 6.01 Å². The van der Waals surface area contributed by atoms with Gasteiger partial charge in [0, 0.05) is 51.7 Å². The van der Waals surface area contributed by atoms with Crippen molar-refractivity contribution >= 4 is 6.01 Å². The summed E-state index contributed by atoms with van der Waals surface area (Å²) in [5.41, 5.74) is 0.169. The van der Waals surface area contributed by atoms with Gasteiger partial charge in [-0.15, -0.1) is 5.10 Å². The van der Waals surface area contributed by atoms with Gasteiger partial charge in [0.1, 0.15) is 0 Å². The number of rotatable bonds is 3. The van der Waals surface area contributed by atoms with E-state index in [1.165, 1.54) is 38.8 Å². The molecule has 0 N–H and O–H groups in total. The van der Waals surface area contributed by atoms with Crippen molar-refractivity contribution < 1.29 is 13.9 Å². The molecule has 0 amide bonds. The predicted octanol–water partition coefficient (Wildman–Crippen LogP) is 1.72. The van der Waals surface area contributed by atoms with E-state index in [2.05, 4.69) is 20.0 Å². The Kier molecular flexibility index (Phi) is 5.24. The summed E-state index contributed by atoms with van der Waals surface area (Å²) < 4.78 is 17.2. The van der Waals surface area contributed by atoms with E-state index in [0.717, 1.165) is 52.0 Å². The first-order valence-electron chi connectivity index (χ1n) is 9.65. The molecule has 7 heteroatoms. The van der Waals surface area contributed by atoms with Crippen LogP contribution in [0.15, 0.2) is 4.42 Å². The summed E-state index contributed by atoms with van der Waals surface area (Å²) in [4.78, 5) is 4.89. The van der Waals surface area contributed by atoms with Crippen LogP contribution in [0.2, 0.25) is 0 Å². The molecule has 7 nitrogen and oxygen atoms in total. The van der Waals surface area contributed by atoms with Crippen molar-refractivity contribution in [3.63, 3.8) is 0 Å². The normalized spacial score (nSPS) is 29.9. The fraction of sp³-hybridized carbons (Fsp3) is 0.889. The standard InChI is InChI=1S/C18H30N4O3/c1-15-19-20-17(25-15)22-7-10-24-14-18(13-22)5-2-6-21(12-18)11-16-3-8-23-9-4-16/h16H,2-14H2,1H3/t18-/m0/s1. The molecule has 3 aliphatic heterocycles. The molecule has 1 atom stereocenters. The molecule has 1 aromatic heterocycles. The van der Waals surface area contributed by atoms with Gasteiger partial charge < -0.3 is 23.7 Å². The number of ether oxygens (including phenoxy) is 2. The lowest BCUT2D eigenvalue weighted by molar-refractivity contribution is -0.00288. The minimum absolute atomic E-state index is 0.169. The number of piperidine rings is 1. The van der Waals surface area contributed by atoms with E-state index in [4.69, 9.17) is 13.9 Å². The lowest BCUT2D eigenvalue weighted by atomic mass is 9.79. The highest BCUT2D eigenvalue weighted by molar-refractivity contribution is 5.25. The van der Waals surface area contributed by atoms with Crippen molar-refractivity contribution in [2.45, 2.75) is 32.6 Å². The minimum Gasteiger partial charge on any atom is -0.408 e. The van der Waals surface area contributed by atoms with Crippen LogP contribution in [-0.4, -0.2) is 74.2 Å². The first-order valence-corrected chi connectivity index (χ1v) is 9.65. The van der Waals surface area contributed by atoms with Crippen LogP contribution in [-0.2, 0) is 9.47 Å². The molecule has 140 valence electrons. The van der Waals surface area contributed by atoms with E-state index < -0.39 is 0 Å². The van der Waals surface area contributed by atoms with E-state index in [1.807, 2.05) is 6.92 Å². The second-order valence-corrected chi connectivity index (χ2v) is 7.97. The fourth-order valence-electron chi connectivity index (χ4n) is 4.58. The van der Waals surface area contributed by atoms with Crippen LogP contribution < -0.4 is 4.90 Å². The van der Waals surface area contributed by atoms with Crippen molar-refractivity contribution in [3.05, 3.63) is 5.89 Å². The minimum atomic E-state index is 0.169. The summed E-state index contributed by atoms with van der Waals surface area (Å²) in [6, 6.07) is 0.643. The van der Waals surface area contributed by atoms with Gasteiger partial charge in [-0.3, -0.25) is 0 Å². The zero-order valence-electron chi connectivity index (χ0n) is 15.3. The molecule has 4 rings (SSSR count). The maximum Gasteiger partial charge on any atom is 0.318 e. The molecule has 0 saturated carbocycles. The number of aromatic nitrogens is 2. The SMILES string of the molecule is Cc1nnc(N2CCOC[C@]3(CCCN(CC4CCOCC4)C3)C2)o1. The summed E-state index contributed by atoms with van der Waals surface area (Å²) in [7, 11) is 0. The second kappa shape index (κ2) is 7.60. The number of hydrogen-bond donors (Lipinski definition) is 0. The molecule has 4 heterocycles. The Labute approximate surface area is 149 Å². The Bertz CT molecular complexity index is 560. The van der Waals surface area contributed by atoms with Gasteiger partial charge in [-0.2, -0.15) is 0 Å². The molecule has 25 heavy (non-hydrogen) atoms. The van der Waals surface area contributed by atoms with Crippen molar-refractivity contribution in [3.8, 4) is 0 Å². The van der Waals surface area contributed by atoms with Gasteiger partial charge in [-0.25, -0.2) is 0 Å². The average Bonchev–Trinajstić information content (AvgIpc) is 2.95. The molecular weight excluding hydrogens is 320 g/mol. The first-order chi connectivity index (χ1) is 12.2. The number of hydrogen-bond acceptors (Lipinski definition) is 7. The molecule has 3 fully saturated rings. The summed E-state index contributed by atoms with van der Waals surface area (Å²) >= 11 is 0. The first kappa shape index (κ1) is 17.2. The van der Waals surface area contributed by atoms with E-state index in [-0.39, 0.29) is 5.41 Å². The Hall–Kier alpha value is -1.18. The Morgan fingerprint density at radius 2 is 1.96 bits per heavy atom. The third-order valence-corrected chi connectivity index (χ3v) is 5.82. The zero-order valence-corrected chi connectivity index (χ0v) is 15.3. The molecule has 0 radical (unpaired) electrons. The lowest BCUT2D eigenvalue weighted by Gasteiger charge is -2.44. The maximum absolute atomic E-state index is 6.01. The van der Waals surface area contributed by atoms with E-state index >= 15 is 0 Å². The number of aryl methyl sites for hydroxylation is 1. The van der Waals surface area contributed by atoms with Crippen LogP contribution in [0.4, 0.5) is 6.01 Å². The van der Waals surface area contributed by atoms with Crippen LogP contribution in [0.1, 0.15) is 31.6 Å². The number of anilines is 1. The van der Waals surface area contributed by atoms with Crippen LogP contribution in [0, 0.1) is 18.3 Å². The maximum atomic E-state index is 6.01. The Morgan fingerprint density at radius 1 is 1.08 bits per heavy atom. The molecular formula is C18H30N4O3. The zero-order chi connectivity index (χ0) is 17.1. The average molecular weight is 350 g/mol. The predicted molar refractivity (Wildman–Crippen MR) is 93.7 cm³/mol. The van der Waals surface area contributed by atoms with E-state index in [9.17, 15) is 0 Å². The highest BCUT2D eigenvalue weighted by atomic mass is 16.5. The Balaban J connectivity index is 1.43. The van der Waals surface area contributed by atoms with Crippen LogP contribution >= 0.6 is 0 Å². The van der Waals surface area contributed by atoms with Crippen LogP contribution in [0.3, 0.4) is 0 Å². The summed E-state index contributed by atoms with van der Waals surface area (Å²) in [6.45, 7) is 10.5. The number of nitrogens with zero attached hydrogens (tertiary/aromatic N) is 4. The van der Waals surface area contributed by atoms with Crippen LogP contribution in [0.25, 0.3) is 0 Å². The Morgan fingerprint density at radius 3 is 2.76 bits per heavy atom. The van der Waals surface area contributed by atoms with Crippen molar-refractivity contribution in [1.29, 1.82) is 0 Å². The quantitative estimate of drug-likeness (QED) is 0.822. The highest BCUT2D eigenvalue weighted by Gasteiger charge is 2.40. The molecule has 0 unspecified atom stereocenters. The highest BCUT2D eigenvalue weighted by Crippen LogP contribution is 2.35. The molecule has 1 spiro atoms. The van der Waals surface area contributed by atoms with Crippen molar-refractivity contribution in [2.75, 3.05) is 64.1 Å². The third kappa shape index (κ3) is 4.15. The molecule has 1 aromatic rings. The van der Waals surface area contributed by atoms with E-state index in [1.54, 1.807) is 0 Å². The monoisotopic (exact) mass is 350 g/mol. The fourth-order valence-corrected chi connectivity index (χ4v) is 4.58. The summed E-state index contributed by atoms with van der Waals surface area (Å²) in [5, 5.41) is 8.22. The largest absolute Gasteiger partial charge is 0.408 e. The van der Waals surface area contributed by atoms with Gasteiger partial charge in [0.15, 0.2) is 0 Å². The number of likely N-dealkylation sites (tertiary alicyclic amines) is 1. The van der Waals surface area contributed by atoms with Crippen molar-refractivity contribution in [1.82, 2.24) is 15.1 Å². The van der Waals surface area contributed by atoms with Crippen LogP contribution in [0.5, 0.6) is 0 Å². The smallest absolute Gasteiger partial charge is 0.318 e. The summed E-state index contributed by atoms with van der Waals surface area (Å²) in [6.07, 6.45) is 4.85. The van der Waals surface area contributed by atoms with Crippen molar-refractivity contribution in [2.24, 2.45) is 11.3 Å². The molecule has 3 saturated heterocycles. The van der Waals surface area contributed by atoms with Gasteiger partial charge in [0.25, 0.3) is 0 Å². The van der Waals surface area contributed by atoms with Gasteiger partial charge in [0.05, 0.1) is 13.2 Å². The molecule has 0 aromatic carbocycles. The van der Waals surface area contributed by atoms with Gasteiger partial charge in [-0.1, -0.05) is 5.10 Å². The van der Waals surface area contributed by atoms with Gasteiger partial charge in [-0.05, 0) is 38.1 Å². The van der Waals surface area contributed by atoms with E-state index in [0.29, 0.717) is 11.9 Å². The molecule has 0 aliphatic carbocycles. The third-order valence-electron chi connectivity index (χ3n) is 5.82. The summed E-state index contributed by atoms with van der Waals surface area (Å²) in [5.74, 6) is 1.41. The topological polar surface area (TPSA) is 63.9 Å². The lowest BCUT2D eigenvalue weighted by Crippen LogP contribution is -2.51. The van der Waals surface area contributed by atoms with Gasteiger partial charge in [0.2, 0.25) is 5.89 Å². The molecule has 3 aliphatic rings. The molecule has 0 bridgehead atoms. The second-order valence-electron chi connectivity index (χ2n) is 7.97.